The van der Waals surface area contributed by atoms with E-state index in [-0.39, 0.29) is 11.8 Å². The van der Waals surface area contributed by atoms with Crippen molar-refractivity contribution in [2.24, 2.45) is 0 Å². The first-order valence-electron chi connectivity index (χ1n) is 10.4. The molecule has 0 spiro atoms. The maximum Gasteiger partial charge on any atom is 0.230 e. The van der Waals surface area contributed by atoms with E-state index in [1.54, 1.807) is 25.1 Å². The third-order valence-corrected chi connectivity index (χ3v) is 4.89. The molecule has 4 aromatic rings. The van der Waals surface area contributed by atoms with Crippen molar-refractivity contribution >= 4 is 40.6 Å². The highest BCUT2D eigenvalue weighted by atomic mass is 15.3. The molecule has 0 aliphatic rings. The molecule has 33 heavy (non-hydrogen) atoms. The monoisotopic (exact) mass is 433 g/mol. The first-order chi connectivity index (χ1) is 16.0. The summed E-state index contributed by atoms with van der Waals surface area (Å²) in [6.45, 7) is 0. The summed E-state index contributed by atoms with van der Waals surface area (Å²) in [6, 6.07) is 30.5. The molecule has 0 radical (unpaired) electrons. The Morgan fingerprint density at radius 2 is 1.33 bits per heavy atom. The molecule has 0 aliphatic carbocycles. The second-order valence-corrected chi connectivity index (χ2v) is 7.48. The van der Waals surface area contributed by atoms with Gasteiger partial charge >= 0.3 is 0 Å². The van der Waals surface area contributed by atoms with Crippen LogP contribution in [0.15, 0.2) is 84.9 Å². The first-order valence-corrected chi connectivity index (χ1v) is 10.4. The van der Waals surface area contributed by atoms with Gasteiger partial charge < -0.3 is 15.5 Å². The zero-order chi connectivity index (χ0) is 23.2. The van der Waals surface area contributed by atoms with Gasteiger partial charge in [0.1, 0.15) is 6.07 Å². The van der Waals surface area contributed by atoms with Crippen LogP contribution in [0.5, 0.6) is 0 Å². The SMILES string of the molecule is CN(C)c1nc(N)nc(C(C#N)=Cc2ccc(N(c3ccccc3)c3ccccc3)cc2)n1. The Kier molecular flexibility index (Phi) is 6.28. The van der Waals surface area contributed by atoms with Crippen LogP contribution in [-0.2, 0) is 0 Å². The van der Waals surface area contributed by atoms with Crippen LogP contribution in [0.4, 0.5) is 29.0 Å². The second kappa shape index (κ2) is 9.62. The van der Waals surface area contributed by atoms with Gasteiger partial charge in [0, 0.05) is 31.2 Å². The number of nitrogen functional groups attached to an aromatic ring is 1. The molecule has 0 amide bonds. The number of para-hydroxylation sites is 2. The van der Waals surface area contributed by atoms with Gasteiger partial charge in [0.05, 0.1) is 5.57 Å². The molecule has 0 atom stereocenters. The fourth-order valence-corrected chi connectivity index (χ4v) is 3.34. The van der Waals surface area contributed by atoms with Crippen molar-refractivity contribution in [3.05, 3.63) is 96.3 Å². The van der Waals surface area contributed by atoms with Crippen molar-refractivity contribution in [1.29, 1.82) is 5.26 Å². The van der Waals surface area contributed by atoms with E-state index in [1.807, 2.05) is 60.7 Å². The van der Waals surface area contributed by atoms with E-state index >= 15 is 0 Å². The number of nitriles is 1. The van der Waals surface area contributed by atoms with E-state index in [4.69, 9.17) is 5.73 Å². The van der Waals surface area contributed by atoms with Gasteiger partial charge in [-0.3, -0.25) is 0 Å². The van der Waals surface area contributed by atoms with Crippen LogP contribution < -0.4 is 15.5 Å². The number of hydrogen-bond acceptors (Lipinski definition) is 7. The number of allylic oxidation sites excluding steroid dienone is 1. The number of nitrogens with zero attached hydrogens (tertiary/aromatic N) is 6. The largest absolute Gasteiger partial charge is 0.368 e. The smallest absolute Gasteiger partial charge is 0.230 e. The Labute approximate surface area is 193 Å². The molecular weight excluding hydrogens is 410 g/mol. The molecule has 0 saturated heterocycles. The molecule has 1 heterocycles. The number of benzene rings is 3. The Morgan fingerprint density at radius 3 is 1.85 bits per heavy atom. The quantitative estimate of drug-likeness (QED) is 0.425. The minimum atomic E-state index is 0.0709. The van der Waals surface area contributed by atoms with Crippen LogP contribution >= 0.6 is 0 Å². The zero-order valence-electron chi connectivity index (χ0n) is 18.4. The molecule has 162 valence electrons. The molecule has 7 nitrogen and oxygen atoms in total. The lowest BCUT2D eigenvalue weighted by atomic mass is 10.1. The van der Waals surface area contributed by atoms with E-state index in [1.165, 1.54) is 0 Å². The average Bonchev–Trinajstić information content (AvgIpc) is 2.84. The van der Waals surface area contributed by atoms with Gasteiger partial charge in [-0.25, -0.2) is 0 Å². The van der Waals surface area contributed by atoms with Crippen LogP contribution in [0.25, 0.3) is 11.6 Å². The zero-order valence-corrected chi connectivity index (χ0v) is 18.4. The predicted octanol–water partition coefficient (Wildman–Crippen LogP) is 5.05. The summed E-state index contributed by atoms with van der Waals surface area (Å²) in [7, 11) is 3.61. The number of hydrogen-bond donors (Lipinski definition) is 1. The van der Waals surface area contributed by atoms with Crippen molar-refractivity contribution in [2.75, 3.05) is 29.6 Å². The van der Waals surface area contributed by atoms with Crippen molar-refractivity contribution in [2.45, 2.75) is 0 Å². The predicted molar refractivity (Wildman–Crippen MR) is 133 cm³/mol. The molecule has 0 saturated carbocycles. The van der Waals surface area contributed by atoms with Crippen LogP contribution in [-0.4, -0.2) is 29.0 Å². The average molecular weight is 434 g/mol. The van der Waals surface area contributed by atoms with Crippen molar-refractivity contribution in [1.82, 2.24) is 15.0 Å². The lowest BCUT2D eigenvalue weighted by Gasteiger charge is -2.25. The van der Waals surface area contributed by atoms with E-state index in [2.05, 4.69) is 50.2 Å². The summed E-state index contributed by atoms with van der Waals surface area (Å²) in [5.41, 5.74) is 10.1. The van der Waals surface area contributed by atoms with Gasteiger partial charge in [-0.2, -0.15) is 20.2 Å². The summed E-state index contributed by atoms with van der Waals surface area (Å²) in [5.74, 6) is 0.713. The van der Waals surface area contributed by atoms with Crippen molar-refractivity contribution < 1.29 is 0 Å². The number of anilines is 5. The Bertz CT molecular complexity index is 1250. The summed E-state index contributed by atoms with van der Waals surface area (Å²) >= 11 is 0. The summed E-state index contributed by atoms with van der Waals surface area (Å²) in [5, 5.41) is 9.72. The fourth-order valence-electron chi connectivity index (χ4n) is 3.34. The Hall–Kier alpha value is -4.70. The van der Waals surface area contributed by atoms with Gasteiger partial charge in [0.2, 0.25) is 11.9 Å². The maximum atomic E-state index is 9.72. The second-order valence-electron chi connectivity index (χ2n) is 7.48. The lowest BCUT2D eigenvalue weighted by Crippen LogP contribution is -2.15. The fraction of sp³-hybridized carbons (Fsp3) is 0.0769. The van der Waals surface area contributed by atoms with Crippen LogP contribution in [0, 0.1) is 11.3 Å². The number of aromatic nitrogens is 3. The van der Waals surface area contributed by atoms with Gasteiger partial charge in [0.25, 0.3) is 0 Å². The summed E-state index contributed by atoms with van der Waals surface area (Å²) in [4.78, 5) is 16.5. The van der Waals surface area contributed by atoms with Crippen LogP contribution in [0.1, 0.15) is 11.4 Å². The highest BCUT2D eigenvalue weighted by Gasteiger charge is 2.13. The molecule has 0 unspecified atom stereocenters. The van der Waals surface area contributed by atoms with E-state index in [9.17, 15) is 5.26 Å². The minimum Gasteiger partial charge on any atom is -0.368 e. The van der Waals surface area contributed by atoms with Gasteiger partial charge in [0.15, 0.2) is 5.82 Å². The highest BCUT2D eigenvalue weighted by Crippen LogP contribution is 2.34. The molecule has 1 aromatic heterocycles. The number of nitrogens with two attached hydrogens (primary N) is 1. The standard InChI is InChI=1S/C26H23N7/c1-32(2)26-30-24(29-25(28)31-26)20(18-27)17-19-13-15-23(16-14-19)33(21-9-5-3-6-10-21)22-11-7-4-8-12-22/h3-17H,1-2H3,(H2,28,29,30,31). The molecule has 2 N–H and O–H groups in total. The normalized spacial score (nSPS) is 11.0. The molecule has 4 rings (SSSR count). The molecule has 7 heteroatoms. The first kappa shape index (κ1) is 21.5. The topological polar surface area (TPSA) is 95.0 Å². The van der Waals surface area contributed by atoms with Gasteiger partial charge in [-0.15, -0.1) is 0 Å². The number of rotatable bonds is 6. The van der Waals surface area contributed by atoms with E-state index in [0.29, 0.717) is 11.5 Å². The third kappa shape index (κ3) is 4.97. The van der Waals surface area contributed by atoms with Gasteiger partial charge in [-0.1, -0.05) is 48.5 Å². The minimum absolute atomic E-state index is 0.0709. The van der Waals surface area contributed by atoms with E-state index in [0.717, 1.165) is 22.6 Å². The Morgan fingerprint density at radius 1 is 0.788 bits per heavy atom. The summed E-state index contributed by atoms with van der Waals surface area (Å²) < 4.78 is 0. The molecule has 0 fully saturated rings. The third-order valence-electron chi connectivity index (χ3n) is 4.89. The molecule has 0 bridgehead atoms. The van der Waals surface area contributed by atoms with Crippen molar-refractivity contribution in [3.8, 4) is 6.07 Å². The van der Waals surface area contributed by atoms with Crippen molar-refractivity contribution in [3.63, 3.8) is 0 Å². The lowest BCUT2D eigenvalue weighted by molar-refractivity contribution is 0.952. The van der Waals surface area contributed by atoms with Gasteiger partial charge in [-0.05, 0) is 48.0 Å². The summed E-state index contributed by atoms with van der Waals surface area (Å²) in [6.07, 6.45) is 1.74. The Balaban J connectivity index is 1.70. The molecule has 3 aromatic carbocycles. The van der Waals surface area contributed by atoms with Crippen LogP contribution in [0.3, 0.4) is 0 Å². The molecule has 0 aliphatic heterocycles. The maximum absolute atomic E-state index is 9.72. The van der Waals surface area contributed by atoms with Crippen LogP contribution in [0.2, 0.25) is 0 Å². The highest BCUT2D eigenvalue weighted by molar-refractivity contribution is 5.88. The molecular formula is C26H23N7. The van der Waals surface area contributed by atoms with E-state index < -0.39 is 0 Å².